The van der Waals surface area contributed by atoms with Crippen LogP contribution in [0.15, 0.2) is 103 Å². The Labute approximate surface area is 188 Å². The maximum atomic E-state index is 4.96. The minimum Gasteiger partial charge on any atom is -0.306 e. The van der Waals surface area contributed by atoms with Crippen LogP contribution in [0, 0.1) is 0 Å². The molecule has 0 bridgehead atoms. The van der Waals surface area contributed by atoms with E-state index in [1.165, 1.54) is 20.2 Å². The van der Waals surface area contributed by atoms with Gasteiger partial charge in [0, 0.05) is 38.8 Å². The van der Waals surface area contributed by atoms with Gasteiger partial charge in [0.05, 0.1) is 32.6 Å². The SMILES string of the molecule is c1ccc(-c2ccccc2-n2c3ccccc3c3ncc4sc5ccccc5c4c32)nc1. The molecule has 0 unspecified atom stereocenters. The zero-order valence-corrected chi connectivity index (χ0v) is 17.9. The summed E-state index contributed by atoms with van der Waals surface area (Å²) >= 11 is 1.80. The van der Waals surface area contributed by atoms with Crippen molar-refractivity contribution in [3.05, 3.63) is 103 Å². The average molecular weight is 428 g/mol. The highest BCUT2D eigenvalue weighted by atomic mass is 32.1. The van der Waals surface area contributed by atoms with Crippen LogP contribution in [0.2, 0.25) is 0 Å². The second-order valence-electron chi connectivity index (χ2n) is 7.88. The van der Waals surface area contributed by atoms with Gasteiger partial charge in [-0.15, -0.1) is 11.3 Å². The third-order valence-corrected chi connectivity index (χ3v) is 7.21. The van der Waals surface area contributed by atoms with Crippen molar-refractivity contribution in [3.8, 4) is 16.9 Å². The van der Waals surface area contributed by atoms with Gasteiger partial charge in [0.15, 0.2) is 0 Å². The normalized spacial score (nSPS) is 11.8. The molecule has 0 atom stereocenters. The van der Waals surface area contributed by atoms with Crippen LogP contribution in [0.3, 0.4) is 0 Å². The predicted octanol–water partition coefficient (Wildman–Crippen LogP) is 7.61. The van der Waals surface area contributed by atoms with Crippen LogP contribution < -0.4 is 0 Å². The molecule has 32 heavy (non-hydrogen) atoms. The monoisotopic (exact) mass is 427 g/mol. The first kappa shape index (κ1) is 17.6. The van der Waals surface area contributed by atoms with E-state index in [2.05, 4.69) is 88.4 Å². The van der Waals surface area contributed by atoms with Crippen molar-refractivity contribution in [1.29, 1.82) is 0 Å². The molecule has 0 spiro atoms. The van der Waals surface area contributed by atoms with Crippen LogP contribution in [0.5, 0.6) is 0 Å². The molecule has 0 amide bonds. The van der Waals surface area contributed by atoms with Crippen LogP contribution in [-0.4, -0.2) is 14.5 Å². The molecule has 7 rings (SSSR count). The Hall–Kier alpha value is -4.02. The van der Waals surface area contributed by atoms with Gasteiger partial charge in [0.25, 0.3) is 0 Å². The Balaban J connectivity index is 1.73. The fraction of sp³-hybridized carbons (Fsp3) is 0. The summed E-state index contributed by atoms with van der Waals surface area (Å²) in [5, 5.41) is 3.71. The average Bonchev–Trinajstić information content (AvgIpc) is 3.40. The molecule has 4 heterocycles. The third kappa shape index (κ3) is 2.41. The summed E-state index contributed by atoms with van der Waals surface area (Å²) in [6.07, 6.45) is 3.88. The number of hydrogen-bond donors (Lipinski definition) is 0. The largest absolute Gasteiger partial charge is 0.306 e. The van der Waals surface area contributed by atoms with Gasteiger partial charge in [0.2, 0.25) is 0 Å². The summed E-state index contributed by atoms with van der Waals surface area (Å²) in [4.78, 5) is 9.61. The van der Waals surface area contributed by atoms with Crippen LogP contribution >= 0.6 is 11.3 Å². The van der Waals surface area contributed by atoms with E-state index in [1.807, 2.05) is 24.5 Å². The molecule has 0 radical (unpaired) electrons. The predicted molar refractivity (Wildman–Crippen MR) is 135 cm³/mol. The van der Waals surface area contributed by atoms with Gasteiger partial charge in [-0.2, -0.15) is 0 Å². The van der Waals surface area contributed by atoms with E-state index >= 15 is 0 Å². The number of hydrogen-bond acceptors (Lipinski definition) is 3. The van der Waals surface area contributed by atoms with E-state index in [0.29, 0.717) is 0 Å². The molecule has 0 aliphatic heterocycles. The molecule has 150 valence electrons. The molecule has 4 heteroatoms. The van der Waals surface area contributed by atoms with Crippen molar-refractivity contribution in [2.45, 2.75) is 0 Å². The van der Waals surface area contributed by atoms with Crippen LogP contribution in [0.4, 0.5) is 0 Å². The van der Waals surface area contributed by atoms with Crippen molar-refractivity contribution >= 4 is 53.4 Å². The van der Waals surface area contributed by atoms with Gasteiger partial charge in [-0.3, -0.25) is 9.97 Å². The number of rotatable bonds is 2. The summed E-state index contributed by atoms with van der Waals surface area (Å²) in [5.41, 5.74) is 6.52. The lowest BCUT2D eigenvalue weighted by atomic mass is 10.1. The van der Waals surface area contributed by atoms with Crippen molar-refractivity contribution in [3.63, 3.8) is 0 Å². The van der Waals surface area contributed by atoms with Crippen molar-refractivity contribution in [1.82, 2.24) is 14.5 Å². The second-order valence-corrected chi connectivity index (χ2v) is 8.96. The lowest BCUT2D eigenvalue weighted by Crippen LogP contribution is -1.98. The minimum atomic E-state index is 0.962. The second kappa shape index (κ2) is 6.74. The van der Waals surface area contributed by atoms with Crippen LogP contribution in [0.25, 0.3) is 59.1 Å². The van der Waals surface area contributed by atoms with Crippen LogP contribution in [-0.2, 0) is 0 Å². The standard InChI is InChI=1S/C28H17N3S/c1-4-13-22(18(9-1)21-12-7-8-16-29-21)31-23-14-5-2-10-19(23)27-28(31)26-20-11-3-6-15-24(20)32-25(26)17-30-27/h1-17H. The highest BCUT2D eigenvalue weighted by molar-refractivity contribution is 7.26. The Morgan fingerprint density at radius 1 is 0.656 bits per heavy atom. The number of fused-ring (bicyclic) bond motifs is 7. The summed E-state index contributed by atoms with van der Waals surface area (Å²) in [5.74, 6) is 0. The van der Waals surface area contributed by atoms with Gasteiger partial charge in [-0.25, -0.2) is 0 Å². The van der Waals surface area contributed by atoms with E-state index in [0.717, 1.165) is 38.9 Å². The van der Waals surface area contributed by atoms with E-state index < -0.39 is 0 Å². The topological polar surface area (TPSA) is 30.7 Å². The number of aromatic nitrogens is 3. The number of thiophene rings is 1. The van der Waals surface area contributed by atoms with Gasteiger partial charge >= 0.3 is 0 Å². The molecule has 0 saturated carbocycles. The molecular weight excluding hydrogens is 410 g/mol. The first-order chi connectivity index (χ1) is 15.9. The third-order valence-electron chi connectivity index (χ3n) is 6.10. The fourth-order valence-corrected chi connectivity index (χ4v) is 5.84. The highest BCUT2D eigenvalue weighted by Gasteiger charge is 2.20. The van der Waals surface area contributed by atoms with Crippen molar-refractivity contribution < 1.29 is 0 Å². The number of nitrogens with zero attached hydrogens (tertiary/aromatic N) is 3. The molecule has 0 aliphatic rings. The van der Waals surface area contributed by atoms with E-state index in [4.69, 9.17) is 4.98 Å². The molecule has 4 aromatic heterocycles. The maximum absolute atomic E-state index is 4.96. The summed E-state index contributed by atoms with van der Waals surface area (Å²) in [6.45, 7) is 0. The molecule has 7 aromatic rings. The first-order valence-electron chi connectivity index (χ1n) is 10.6. The Morgan fingerprint density at radius 2 is 1.44 bits per heavy atom. The number of pyridine rings is 2. The van der Waals surface area contributed by atoms with E-state index in [1.54, 1.807) is 11.3 Å². The summed E-state index contributed by atoms with van der Waals surface area (Å²) in [6, 6.07) is 31.8. The Bertz CT molecular complexity index is 1780. The molecule has 0 fully saturated rings. The Kier molecular flexibility index (Phi) is 3.72. The number of para-hydroxylation sites is 2. The quantitative estimate of drug-likeness (QED) is 0.284. The van der Waals surface area contributed by atoms with Gasteiger partial charge < -0.3 is 4.57 Å². The summed E-state index contributed by atoms with van der Waals surface area (Å²) < 4.78 is 4.87. The van der Waals surface area contributed by atoms with Crippen molar-refractivity contribution in [2.24, 2.45) is 0 Å². The van der Waals surface area contributed by atoms with Gasteiger partial charge in [-0.1, -0.05) is 60.7 Å². The molecule has 3 aromatic carbocycles. The van der Waals surface area contributed by atoms with Gasteiger partial charge in [-0.05, 0) is 30.3 Å². The highest BCUT2D eigenvalue weighted by Crippen LogP contribution is 2.42. The van der Waals surface area contributed by atoms with E-state index in [-0.39, 0.29) is 0 Å². The zero-order valence-electron chi connectivity index (χ0n) is 17.1. The lowest BCUT2D eigenvalue weighted by molar-refractivity contribution is 1.18. The molecule has 0 aliphatic carbocycles. The first-order valence-corrected chi connectivity index (χ1v) is 11.4. The Morgan fingerprint density at radius 3 is 2.34 bits per heavy atom. The lowest BCUT2D eigenvalue weighted by Gasteiger charge is -2.13. The fourth-order valence-electron chi connectivity index (χ4n) is 4.76. The molecule has 0 saturated heterocycles. The zero-order chi connectivity index (χ0) is 21.1. The maximum Gasteiger partial charge on any atom is 0.0971 e. The minimum absolute atomic E-state index is 0.962. The van der Waals surface area contributed by atoms with Gasteiger partial charge in [0.1, 0.15) is 0 Å². The smallest absolute Gasteiger partial charge is 0.0971 e. The van der Waals surface area contributed by atoms with Crippen LogP contribution in [0.1, 0.15) is 0 Å². The van der Waals surface area contributed by atoms with E-state index in [9.17, 15) is 0 Å². The number of benzene rings is 3. The van der Waals surface area contributed by atoms with Crippen molar-refractivity contribution in [2.75, 3.05) is 0 Å². The molecule has 0 N–H and O–H groups in total. The summed E-state index contributed by atoms with van der Waals surface area (Å²) in [7, 11) is 0. The molecular formula is C28H17N3S. The molecule has 3 nitrogen and oxygen atoms in total.